The van der Waals surface area contributed by atoms with E-state index in [1.807, 2.05) is 29.2 Å². The highest BCUT2D eigenvalue weighted by molar-refractivity contribution is 7.92. The molecule has 0 radical (unpaired) electrons. The number of piperidine rings is 1. The smallest absolute Gasteiger partial charge is 0.322 e. The molecule has 4 rings (SSSR count). The van der Waals surface area contributed by atoms with Crippen molar-refractivity contribution in [1.29, 1.82) is 0 Å². The second-order valence-electron chi connectivity index (χ2n) is 10.3. The van der Waals surface area contributed by atoms with Crippen molar-refractivity contribution in [2.45, 2.75) is 45.2 Å². The van der Waals surface area contributed by atoms with Crippen molar-refractivity contribution < 1.29 is 26.7 Å². The summed E-state index contributed by atoms with van der Waals surface area (Å²) in [5.41, 5.74) is 1.85. The molecule has 0 bridgehead atoms. The molecule has 0 spiro atoms. The summed E-state index contributed by atoms with van der Waals surface area (Å²) in [6.07, 6.45) is 4.55. The average molecular weight is 587 g/mol. The maximum Gasteiger partial charge on any atom is 0.322 e. The number of carbonyl (C=O) groups is 1. The third-order valence-corrected chi connectivity index (χ3v) is 7.51. The number of hydrogen-bond donors (Lipinski definition) is 2. The summed E-state index contributed by atoms with van der Waals surface area (Å²) < 4.78 is 57.9. The number of carbonyl (C=O) groups excluding carboxylic acids is 1. The van der Waals surface area contributed by atoms with Gasteiger partial charge in [-0.3, -0.25) is 9.62 Å². The molecule has 2 amide bonds. The van der Waals surface area contributed by atoms with Gasteiger partial charge in [0.25, 0.3) is 0 Å². The molecule has 2 N–H and O–H groups in total. The second-order valence-corrected chi connectivity index (χ2v) is 12.0. The van der Waals surface area contributed by atoms with Gasteiger partial charge >= 0.3 is 6.03 Å². The number of unbranched alkanes of at least 4 members (excludes halogenated alkanes) is 1. The molecule has 1 fully saturated rings. The van der Waals surface area contributed by atoms with Crippen LogP contribution >= 0.6 is 0 Å². The minimum atomic E-state index is -3.33. The first-order valence-corrected chi connectivity index (χ1v) is 15.6. The Morgan fingerprint density at radius 1 is 0.951 bits per heavy atom. The van der Waals surface area contributed by atoms with Gasteiger partial charge in [-0.15, -0.1) is 0 Å². The van der Waals surface area contributed by atoms with Crippen LogP contribution in [0, 0.1) is 11.6 Å². The maximum atomic E-state index is 13.6. The number of hydrogen-bond acceptors (Lipinski definition) is 5. The topological polar surface area (TPSA) is 91.0 Å². The van der Waals surface area contributed by atoms with E-state index in [2.05, 4.69) is 21.9 Å². The van der Waals surface area contributed by atoms with Gasteiger partial charge in [0.15, 0.2) is 11.6 Å². The van der Waals surface area contributed by atoms with Crippen molar-refractivity contribution >= 4 is 27.4 Å². The number of halogens is 2. The standard InChI is InChI=1S/C30H36F2N4O4S/c1-3-4-17-36(30(37)33-24-9-14-28(31)29(32)20-24)25-15-18-35(19-16-25)21-22-5-10-26(11-6-22)40-27-12-7-23(8-13-27)34-41(2,38)39/h5-14,20,25,34H,3-4,15-19,21H2,1-2H3,(H,33,37). The van der Waals surface area contributed by atoms with Gasteiger partial charge in [-0.05, 0) is 73.4 Å². The predicted molar refractivity (Wildman–Crippen MR) is 157 cm³/mol. The molecule has 1 aliphatic rings. The van der Waals surface area contributed by atoms with E-state index >= 15 is 0 Å². The Kier molecular flexibility index (Phi) is 10.2. The Hall–Kier alpha value is -3.70. The third-order valence-electron chi connectivity index (χ3n) is 6.90. The number of nitrogens with one attached hydrogen (secondary N) is 2. The van der Waals surface area contributed by atoms with Crippen molar-refractivity contribution in [3.8, 4) is 11.5 Å². The van der Waals surface area contributed by atoms with E-state index in [9.17, 15) is 22.0 Å². The molecule has 11 heteroatoms. The lowest BCUT2D eigenvalue weighted by atomic mass is 10.0. The van der Waals surface area contributed by atoms with Crippen LogP contribution in [0.1, 0.15) is 38.2 Å². The Balaban J connectivity index is 1.28. The molecule has 0 aliphatic carbocycles. The fraction of sp³-hybridized carbons (Fsp3) is 0.367. The molecule has 1 saturated heterocycles. The van der Waals surface area contributed by atoms with Gasteiger partial charge in [-0.2, -0.15) is 0 Å². The third kappa shape index (κ3) is 9.15. The van der Waals surface area contributed by atoms with E-state index in [1.165, 1.54) is 6.07 Å². The SMILES string of the molecule is CCCCN(C(=O)Nc1ccc(F)c(F)c1)C1CCN(Cc2ccc(Oc3ccc(NS(C)(=O)=O)cc3)cc2)CC1. The molecule has 1 heterocycles. The van der Waals surface area contributed by atoms with Crippen molar-refractivity contribution in [2.24, 2.45) is 0 Å². The molecule has 220 valence electrons. The zero-order valence-corrected chi connectivity index (χ0v) is 24.1. The van der Waals surface area contributed by atoms with E-state index in [4.69, 9.17) is 4.74 Å². The van der Waals surface area contributed by atoms with Gasteiger partial charge in [0.1, 0.15) is 11.5 Å². The zero-order valence-electron chi connectivity index (χ0n) is 23.3. The molecule has 0 aromatic heterocycles. The number of benzene rings is 3. The van der Waals surface area contributed by atoms with E-state index in [-0.39, 0.29) is 17.8 Å². The summed E-state index contributed by atoms with van der Waals surface area (Å²) in [7, 11) is -3.33. The van der Waals surface area contributed by atoms with Crippen LogP contribution in [0.2, 0.25) is 0 Å². The second kappa shape index (κ2) is 13.8. The molecule has 41 heavy (non-hydrogen) atoms. The highest BCUT2D eigenvalue weighted by Gasteiger charge is 2.28. The van der Waals surface area contributed by atoms with Gasteiger partial charge in [0.05, 0.1) is 6.26 Å². The molecule has 1 aliphatic heterocycles. The van der Waals surface area contributed by atoms with Gasteiger partial charge in [0.2, 0.25) is 10.0 Å². The van der Waals surface area contributed by atoms with Crippen molar-refractivity contribution in [3.05, 3.63) is 83.9 Å². The average Bonchev–Trinajstić information content (AvgIpc) is 2.93. The van der Waals surface area contributed by atoms with Crippen molar-refractivity contribution in [1.82, 2.24) is 9.80 Å². The fourth-order valence-corrected chi connectivity index (χ4v) is 5.36. The van der Waals surface area contributed by atoms with Crippen molar-refractivity contribution in [2.75, 3.05) is 35.9 Å². The number of amides is 2. The van der Waals surface area contributed by atoms with Crippen LogP contribution in [0.3, 0.4) is 0 Å². The van der Waals surface area contributed by atoms with Gasteiger partial charge in [-0.1, -0.05) is 25.5 Å². The number of likely N-dealkylation sites (tertiary alicyclic amines) is 1. The summed E-state index contributed by atoms with van der Waals surface area (Å²) in [5, 5.41) is 2.73. The summed E-state index contributed by atoms with van der Waals surface area (Å²) in [6, 6.07) is 17.7. The van der Waals surface area contributed by atoms with E-state index in [0.717, 1.165) is 69.3 Å². The van der Waals surface area contributed by atoms with Crippen LogP contribution in [0.4, 0.5) is 25.0 Å². The van der Waals surface area contributed by atoms with E-state index in [1.54, 1.807) is 24.3 Å². The Morgan fingerprint density at radius 2 is 1.56 bits per heavy atom. The molecular formula is C30H36F2N4O4S. The van der Waals surface area contributed by atoms with Crippen LogP contribution in [-0.4, -0.2) is 56.2 Å². The van der Waals surface area contributed by atoms with Crippen LogP contribution in [0.25, 0.3) is 0 Å². The summed E-state index contributed by atoms with van der Waals surface area (Å²) in [6.45, 7) is 5.11. The monoisotopic (exact) mass is 586 g/mol. The van der Waals surface area contributed by atoms with Gasteiger partial charge < -0.3 is 15.0 Å². The molecule has 3 aromatic rings. The number of rotatable bonds is 11. The quantitative estimate of drug-likeness (QED) is 0.270. The Labute approximate surface area is 240 Å². The van der Waals surface area contributed by atoms with Crippen molar-refractivity contribution in [3.63, 3.8) is 0 Å². The van der Waals surface area contributed by atoms with Crippen LogP contribution < -0.4 is 14.8 Å². The number of anilines is 2. The van der Waals surface area contributed by atoms with E-state index in [0.29, 0.717) is 23.7 Å². The molecule has 3 aromatic carbocycles. The lowest BCUT2D eigenvalue weighted by Gasteiger charge is -2.38. The molecule has 8 nitrogen and oxygen atoms in total. The first kappa shape index (κ1) is 30.3. The fourth-order valence-electron chi connectivity index (χ4n) is 4.80. The zero-order chi connectivity index (χ0) is 29.4. The summed E-state index contributed by atoms with van der Waals surface area (Å²) >= 11 is 0. The first-order valence-electron chi connectivity index (χ1n) is 13.7. The van der Waals surface area contributed by atoms with E-state index < -0.39 is 21.7 Å². The normalized spacial score (nSPS) is 14.4. The molecule has 0 saturated carbocycles. The molecular weight excluding hydrogens is 550 g/mol. The minimum Gasteiger partial charge on any atom is -0.457 e. The minimum absolute atomic E-state index is 0.0675. The predicted octanol–water partition coefficient (Wildman–Crippen LogP) is 6.43. The van der Waals surface area contributed by atoms with Crippen LogP contribution in [-0.2, 0) is 16.6 Å². The lowest BCUT2D eigenvalue weighted by molar-refractivity contribution is 0.122. The van der Waals surface area contributed by atoms with Gasteiger partial charge in [-0.25, -0.2) is 22.0 Å². The molecule has 0 atom stereocenters. The number of urea groups is 1. The molecule has 0 unspecified atom stereocenters. The Bertz CT molecular complexity index is 1410. The van der Waals surface area contributed by atoms with Gasteiger partial charge in [0, 0.05) is 49.7 Å². The lowest BCUT2D eigenvalue weighted by Crippen LogP contribution is -2.49. The number of ether oxygens (including phenoxy) is 1. The summed E-state index contributed by atoms with van der Waals surface area (Å²) in [4.78, 5) is 17.3. The highest BCUT2D eigenvalue weighted by atomic mass is 32.2. The number of sulfonamides is 1. The highest BCUT2D eigenvalue weighted by Crippen LogP contribution is 2.25. The largest absolute Gasteiger partial charge is 0.457 e. The maximum absolute atomic E-state index is 13.6. The van der Waals surface area contributed by atoms with Crippen LogP contribution in [0.15, 0.2) is 66.7 Å². The summed E-state index contributed by atoms with van der Waals surface area (Å²) in [5.74, 6) is -0.666. The van der Waals surface area contributed by atoms with Crippen LogP contribution in [0.5, 0.6) is 11.5 Å². The Morgan fingerprint density at radius 3 is 2.15 bits per heavy atom. The first-order chi connectivity index (χ1) is 19.6. The number of nitrogens with zero attached hydrogens (tertiary/aromatic N) is 2.